The van der Waals surface area contributed by atoms with Crippen molar-refractivity contribution in [2.75, 3.05) is 41.3 Å². The van der Waals surface area contributed by atoms with Crippen LogP contribution in [-0.2, 0) is 58.8 Å². The first-order valence-corrected chi connectivity index (χ1v) is 25.6. The highest BCUT2D eigenvalue weighted by atomic mass is 35.5. The minimum Gasteiger partial charge on any atom is -0.458 e. The largest absolute Gasteiger partial charge is 0.509 e. The summed E-state index contributed by atoms with van der Waals surface area (Å²) in [7, 11) is 7.15. The molecule has 4 saturated heterocycles. The van der Waals surface area contributed by atoms with Crippen LogP contribution in [0.5, 0.6) is 0 Å². The van der Waals surface area contributed by atoms with Crippen molar-refractivity contribution in [2.24, 2.45) is 17.8 Å². The molecule has 4 N–H and O–H groups in total. The Morgan fingerprint density at radius 1 is 0.986 bits per heavy atom. The predicted molar refractivity (Wildman–Crippen MR) is 262 cm³/mol. The molecule has 0 bridgehead atoms. The maximum absolute atomic E-state index is 14.7. The number of halogens is 1. The number of aliphatic hydroxyl groups is 2. The molecule has 1 aromatic carbocycles. The molecule has 4 aliphatic heterocycles. The molecule has 0 aromatic heterocycles. The van der Waals surface area contributed by atoms with Crippen molar-refractivity contribution < 1.29 is 72.0 Å². The zero-order valence-electron chi connectivity index (χ0n) is 44.3. The van der Waals surface area contributed by atoms with E-state index >= 15 is 0 Å². The number of nitrogens with one attached hydrogen (secondary N) is 2. The predicted octanol–water partition coefficient (Wildman–Crippen LogP) is 5.57. The standard InChI is InChI=1S/C51H83ClN4O15/c1-15-37-51(10)43(70-48(61)71-51)32(6)56(13)27-28(2)24-49(8,62)42(68-46-40(58)36(55(11)12)22-29(3)64-46)30(4)41(31(5)45(59)66-37)67-39-25-50(9,63-14)44(33(7)65-39)69-47(60)53-21-17-20-38(57)54-26-34-18-16-19-35(52)23-34/h16,18-19,23,28-33,36-37,39-44,46,58,62H,15,17,20-22,24-27H2,1-14H3,(H,53,60)(H,54,57)/t28-,29-,30+,31-,32-,33+,36+,37?,39+,40-,41+,42-,43-,44+,46+,49-,50-,51+/m1/s1. The number of hydrogen-bond donors (Lipinski definition) is 4. The first-order chi connectivity index (χ1) is 33.2. The summed E-state index contributed by atoms with van der Waals surface area (Å²) in [6.45, 7) is 19.0. The Bertz CT molecular complexity index is 1950. The molecule has 71 heavy (non-hydrogen) atoms. The van der Waals surface area contributed by atoms with Gasteiger partial charge in [-0.25, -0.2) is 9.59 Å². The number of amides is 2. The van der Waals surface area contributed by atoms with Crippen molar-refractivity contribution in [3.8, 4) is 0 Å². The number of rotatable bonds is 14. The number of carbonyl (C=O) groups excluding carboxylic acids is 4. The highest BCUT2D eigenvalue weighted by Crippen LogP contribution is 2.42. The van der Waals surface area contributed by atoms with Crippen LogP contribution in [0.4, 0.5) is 9.59 Å². The van der Waals surface area contributed by atoms with E-state index in [1.54, 1.807) is 46.8 Å². The van der Waals surface area contributed by atoms with Crippen LogP contribution in [0.1, 0.15) is 113 Å². The van der Waals surface area contributed by atoms with Crippen LogP contribution >= 0.6 is 11.6 Å². The van der Waals surface area contributed by atoms with E-state index < -0.39 is 108 Å². The fourth-order valence-electron chi connectivity index (χ4n) is 11.1. The van der Waals surface area contributed by atoms with E-state index in [1.165, 1.54) is 7.11 Å². The molecule has 20 heteroatoms. The van der Waals surface area contributed by atoms with E-state index in [2.05, 4.69) is 10.6 Å². The van der Waals surface area contributed by atoms with Crippen LogP contribution in [-0.4, -0.2) is 176 Å². The summed E-state index contributed by atoms with van der Waals surface area (Å²) in [4.78, 5) is 57.3. The maximum atomic E-state index is 14.7. The molecular formula is C51H83ClN4O15. The lowest BCUT2D eigenvalue weighted by Gasteiger charge is -2.49. The lowest BCUT2D eigenvalue weighted by Crippen LogP contribution is -2.61. The first kappa shape index (κ1) is 58.5. The fraction of sp³-hybridized carbons (Fsp3) is 0.804. The molecule has 404 valence electrons. The van der Waals surface area contributed by atoms with Crippen molar-refractivity contribution in [1.82, 2.24) is 20.4 Å². The minimum absolute atomic E-state index is 0.0316. The van der Waals surface area contributed by atoms with Crippen LogP contribution < -0.4 is 10.6 Å². The third-order valence-corrected chi connectivity index (χ3v) is 15.3. The molecule has 4 fully saturated rings. The van der Waals surface area contributed by atoms with E-state index in [9.17, 15) is 29.4 Å². The van der Waals surface area contributed by atoms with Crippen molar-refractivity contribution in [3.63, 3.8) is 0 Å². The monoisotopic (exact) mass is 1030 g/mol. The molecule has 1 aromatic rings. The van der Waals surface area contributed by atoms with Gasteiger partial charge in [0.05, 0.1) is 35.9 Å². The third kappa shape index (κ3) is 14.5. The number of hydrogen-bond acceptors (Lipinski definition) is 17. The molecule has 4 aliphatic rings. The number of benzene rings is 1. The van der Waals surface area contributed by atoms with Gasteiger partial charge in [-0.15, -0.1) is 0 Å². The van der Waals surface area contributed by atoms with E-state index in [0.29, 0.717) is 31.0 Å². The van der Waals surface area contributed by atoms with Gasteiger partial charge in [0.15, 0.2) is 30.4 Å². The topological polar surface area (TPSA) is 222 Å². The lowest BCUT2D eigenvalue weighted by atomic mass is 9.77. The Morgan fingerprint density at radius 2 is 1.69 bits per heavy atom. The summed E-state index contributed by atoms with van der Waals surface area (Å²) in [6, 6.07) is 6.51. The number of likely N-dealkylation sites (N-methyl/N-ethyl adjacent to an activating group) is 2. The van der Waals surface area contributed by atoms with E-state index in [4.69, 9.17) is 54.2 Å². The van der Waals surface area contributed by atoms with Crippen LogP contribution in [0.2, 0.25) is 5.02 Å². The number of carbonyl (C=O) groups is 4. The van der Waals surface area contributed by atoms with Gasteiger partial charge in [-0.3, -0.25) is 14.5 Å². The number of methoxy groups -OCH3 is 1. The van der Waals surface area contributed by atoms with Crippen LogP contribution in [0, 0.1) is 17.8 Å². The Morgan fingerprint density at radius 3 is 2.34 bits per heavy atom. The molecule has 19 nitrogen and oxygen atoms in total. The summed E-state index contributed by atoms with van der Waals surface area (Å²) in [5.41, 5.74) is -3.28. The second-order valence-corrected chi connectivity index (χ2v) is 21.8. The number of esters is 1. The molecule has 2 amide bonds. The summed E-state index contributed by atoms with van der Waals surface area (Å²) >= 11 is 6.06. The smallest absolute Gasteiger partial charge is 0.458 e. The van der Waals surface area contributed by atoms with E-state index in [1.807, 2.05) is 77.7 Å². The average Bonchev–Trinajstić information content (AvgIpc) is 3.61. The number of aliphatic hydroxyl groups excluding tert-OH is 1. The zero-order chi connectivity index (χ0) is 52.7. The number of ether oxygens (including phenoxy) is 9. The highest BCUT2D eigenvalue weighted by molar-refractivity contribution is 6.30. The number of fused-ring (bicyclic) bond motifs is 1. The quantitative estimate of drug-likeness (QED) is 0.102. The molecule has 1 unspecified atom stereocenters. The molecule has 5 rings (SSSR count). The van der Waals surface area contributed by atoms with Crippen LogP contribution in [0.25, 0.3) is 0 Å². The number of alkyl carbamates (subject to hydrolysis) is 1. The Labute approximate surface area is 425 Å². The Kier molecular flexibility index (Phi) is 20.4. The Hall–Kier alpha value is -3.37. The van der Waals surface area contributed by atoms with Gasteiger partial charge in [-0.1, -0.05) is 44.5 Å². The SMILES string of the molecule is CCC1OC(=O)[C@H](C)[C@@H](O[C@H]2C[C@@](C)(OC)[C@@H](OC(=O)NCCCC(=O)NCc3cccc(Cl)c3)[C@H](C)O2)[C@H](C)[C@@H](O[C@@H]2O[C@H](C)C[C@H](N(C)C)[C@H]2O)[C@](C)(O)C[C@@H](C)CN(C)[C@H](C)[C@H]2OC(=O)O[C@@]12C. The first-order valence-electron chi connectivity index (χ1n) is 25.2. The van der Waals surface area contributed by atoms with E-state index in [0.717, 1.165) is 5.56 Å². The molecular weight excluding hydrogens is 944 g/mol. The van der Waals surface area contributed by atoms with Gasteiger partial charge in [0.2, 0.25) is 5.91 Å². The summed E-state index contributed by atoms with van der Waals surface area (Å²) < 4.78 is 56.6. The van der Waals surface area contributed by atoms with Crippen LogP contribution in [0.3, 0.4) is 0 Å². The molecule has 0 radical (unpaired) electrons. The van der Waals surface area contributed by atoms with Crippen molar-refractivity contribution >= 4 is 35.7 Å². The maximum Gasteiger partial charge on any atom is 0.509 e. The molecule has 4 heterocycles. The second-order valence-electron chi connectivity index (χ2n) is 21.4. The second kappa shape index (κ2) is 24.8. The van der Waals surface area contributed by atoms with Gasteiger partial charge in [-0.05, 0) is 119 Å². The number of nitrogens with zero attached hydrogens (tertiary/aromatic N) is 2. The third-order valence-electron chi connectivity index (χ3n) is 15.1. The molecule has 0 saturated carbocycles. The van der Waals surface area contributed by atoms with Gasteiger partial charge in [0.25, 0.3) is 0 Å². The summed E-state index contributed by atoms with van der Waals surface area (Å²) in [5.74, 6) is -2.92. The Balaban J connectivity index is 1.41. The van der Waals surface area contributed by atoms with Crippen molar-refractivity contribution in [2.45, 2.75) is 205 Å². The summed E-state index contributed by atoms with van der Waals surface area (Å²) in [6.07, 6.45) is -9.30. The van der Waals surface area contributed by atoms with Gasteiger partial charge in [-0.2, -0.15) is 0 Å². The normalized spacial score (nSPS) is 39.8. The average molecular weight is 1030 g/mol. The van der Waals surface area contributed by atoms with Gasteiger partial charge >= 0.3 is 18.2 Å². The molecule has 0 spiro atoms. The van der Waals surface area contributed by atoms with Crippen LogP contribution in [0.15, 0.2) is 24.3 Å². The lowest BCUT2D eigenvalue weighted by molar-refractivity contribution is -0.317. The van der Waals surface area contributed by atoms with Gasteiger partial charge in [0.1, 0.15) is 17.8 Å². The van der Waals surface area contributed by atoms with E-state index in [-0.39, 0.29) is 56.2 Å². The number of cyclic esters (lactones) is 1. The zero-order valence-corrected chi connectivity index (χ0v) is 45.1. The fourth-order valence-corrected chi connectivity index (χ4v) is 11.3. The molecule has 18 atom stereocenters. The van der Waals surface area contributed by atoms with Gasteiger partial charge < -0.3 is 68.4 Å². The van der Waals surface area contributed by atoms with Gasteiger partial charge in [0, 0.05) is 62.6 Å². The highest BCUT2D eigenvalue weighted by Gasteiger charge is 2.58. The van der Waals surface area contributed by atoms with Crippen molar-refractivity contribution in [3.05, 3.63) is 34.9 Å². The summed E-state index contributed by atoms with van der Waals surface area (Å²) in [5, 5.41) is 30.7. The van der Waals surface area contributed by atoms with Crippen molar-refractivity contribution in [1.29, 1.82) is 0 Å². The minimum atomic E-state index is -1.62. The molecule has 0 aliphatic carbocycles.